The van der Waals surface area contributed by atoms with Gasteiger partial charge in [0.1, 0.15) is 11.9 Å². The van der Waals surface area contributed by atoms with Crippen LogP contribution >= 0.6 is 0 Å². The summed E-state index contributed by atoms with van der Waals surface area (Å²) >= 11 is 0. The Morgan fingerprint density at radius 1 is 1.10 bits per heavy atom. The van der Waals surface area contributed by atoms with E-state index < -0.39 is 24.2 Å². The van der Waals surface area contributed by atoms with E-state index in [2.05, 4.69) is 0 Å². The van der Waals surface area contributed by atoms with Crippen LogP contribution in [0.2, 0.25) is 0 Å². The lowest BCUT2D eigenvalue weighted by Crippen LogP contribution is -2.48. The van der Waals surface area contributed by atoms with Gasteiger partial charge in [-0.05, 0) is 18.2 Å². The normalized spacial score (nSPS) is 32.1. The molecule has 1 aliphatic heterocycles. The monoisotopic (exact) mass is 292 g/mol. The van der Waals surface area contributed by atoms with Gasteiger partial charge in [-0.1, -0.05) is 0 Å². The average Bonchev–Trinajstić information content (AvgIpc) is 2.40. The van der Waals surface area contributed by atoms with Gasteiger partial charge in [0.15, 0.2) is 17.3 Å². The van der Waals surface area contributed by atoms with Gasteiger partial charge in [0, 0.05) is 24.5 Å². The molecule has 1 saturated carbocycles. The molecular formula is C15H16O6. The minimum Gasteiger partial charge on any atom is -0.504 e. The van der Waals surface area contributed by atoms with Gasteiger partial charge < -0.3 is 25.2 Å². The topological polar surface area (TPSA) is 107 Å². The van der Waals surface area contributed by atoms with Gasteiger partial charge in [0.05, 0.1) is 18.1 Å². The second-order valence-electron chi connectivity index (χ2n) is 5.49. The Balaban J connectivity index is 1.93. The molecule has 0 spiro atoms. The van der Waals surface area contributed by atoms with Crippen molar-refractivity contribution in [1.82, 2.24) is 0 Å². The molecule has 1 aliphatic carbocycles. The maximum Gasteiger partial charge on any atom is 0.168 e. The summed E-state index contributed by atoms with van der Waals surface area (Å²) in [6, 6.07) is 4.12. The molecule has 0 radical (unpaired) electrons. The highest BCUT2D eigenvalue weighted by Crippen LogP contribution is 2.37. The Hall–Kier alpha value is -2.05. The van der Waals surface area contributed by atoms with E-state index in [0.717, 1.165) is 0 Å². The third-order valence-corrected chi connectivity index (χ3v) is 3.97. The van der Waals surface area contributed by atoms with Crippen LogP contribution in [0.5, 0.6) is 11.5 Å². The molecule has 0 amide bonds. The Morgan fingerprint density at radius 3 is 2.57 bits per heavy atom. The third kappa shape index (κ3) is 2.48. The molecular weight excluding hydrogens is 276 g/mol. The van der Waals surface area contributed by atoms with E-state index in [4.69, 9.17) is 4.74 Å². The lowest BCUT2D eigenvalue weighted by Gasteiger charge is -2.39. The summed E-state index contributed by atoms with van der Waals surface area (Å²) in [7, 11) is 0. The molecule has 112 valence electrons. The summed E-state index contributed by atoms with van der Waals surface area (Å²) in [6.07, 6.45) is -0.492. The highest BCUT2D eigenvalue weighted by Gasteiger charge is 2.44. The lowest BCUT2D eigenvalue weighted by atomic mass is 9.78. The molecule has 1 aromatic rings. The molecule has 6 heteroatoms. The van der Waals surface area contributed by atoms with Crippen molar-refractivity contribution in [2.45, 2.75) is 31.2 Å². The lowest BCUT2D eigenvalue weighted by molar-refractivity contribution is -0.136. The van der Waals surface area contributed by atoms with Gasteiger partial charge in [-0.3, -0.25) is 4.79 Å². The molecule has 21 heavy (non-hydrogen) atoms. The SMILES string of the molecule is O=C1C=C(c2ccc(O)c(O)c2)OC2CC(O)CC(O)C12. The van der Waals surface area contributed by atoms with Gasteiger partial charge >= 0.3 is 0 Å². The van der Waals surface area contributed by atoms with Crippen LogP contribution in [0.3, 0.4) is 0 Å². The predicted molar refractivity (Wildman–Crippen MR) is 72.4 cm³/mol. The molecule has 4 atom stereocenters. The molecule has 1 fully saturated rings. The van der Waals surface area contributed by atoms with Crippen molar-refractivity contribution in [1.29, 1.82) is 0 Å². The number of rotatable bonds is 1. The minimum absolute atomic E-state index is 0.166. The zero-order valence-electron chi connectivity index (χ0n) is 11.1. The van der Waals surface area contributed by atoms with Crippen molar-refractivity contribution in [2.75, 3.05) is 0 Å². The van der Waals surface area contributed by atoms with Crippen molar-refractivity contribution in [3.8, 4) is 11.5 Å². The first-order valence-corrected chi connectivity index (χ1v) is 6.76. The van der Waals surface area contributed by atoms with Crippen molar-refractivity contribution >= 4 is 11.5 Å². The number of fused-ring (bicyclic) bond motifs is 1. The molecule has 4 N–H and O–H groups in total. The molecule has 3 rings (SSSR count). The molecule has 4 unspecified atom stereocenters. The molecule has 0 bridgehead atoms. The maximum atomic E-state index is 12.2. The number of ether oxygens (including phenoxy) is 1. The third-order valence-electron chi connectivity index (χ3n) is 3.97. The first-order valence-electron chi connectivity index (χ1n) is 6.76. The van der Waals surface area contributed by atoms with Crippen LogP contribution < -0.4 is 0 Å². The number of ketones is 1. The number of phenolic OH excluding ortho intramolecular Hbond substituents is 2. The first kappa shape index (κ1) is 13.9. The second kappa shape index (κ2) is 5.05. The van der Waals surface area contributed by atoms with Crippen LogP contribution in [0.4, 0.5) is 0 Å². The largest absolute Gasteiger partial charge is 0.504 e. The fraction of sp³-hybridized carbons (Fsp3) is 0.400. The fourth-order valence-corrected chi connectivity index (χ4v) is 2.93. The van der Waals surface area contributed by atoms with Gasteiger partial charge in [-0.15, -0.1) is 0 Å². The zero-order valence-corrected chi connectivity index (χ0v) is 11.1. The van der Waals surface area contributed by atoms with E-state index in [1.807, 2.05) is 0 Å². The van der Waals surface area contributed by atoms with Crippen molar-refractivity contribution < 1.29 is 30.0 Å². The van der Waals surface area contributed by atoms with Gasteiger partial charge in [0.2, 0.25) is 0 Å². The number of allylic oxidation sites excluding steroid dienone is 1. The van der Waals surface area contributed by atoms with E-state index in [1.54, 1.807) is 0 Å². The molecule has 2 aliphatic rings. The van der Waals surface area contributed by atoms with Gasteiger partial charge in [-0.25, -0.2) is 0 Å². The highest BCUT2D eigenvalue weighted by atomic mass is 16.5. The average molecular weight is 292 g/mol. The molecule has 6 nitrogen and oxygen atoms in total. The van der Waals surface area contributed by atoms with Gasteiger partial charge in [0.25, 0.3) is 0 Å². The number of hydrogen-bond acceptors (Lipinski definition) is 6. The number of carbonyl (C=O) groups is 1. The number of carbonyl (C=O) groups excluding carboxylic acids is 1. The van der Waals surface area contributed by atoms with E-state index in [9.17, 15) is 25.2 Å². The van der Waals surface area contributed by atoms with Crippen LogP contribution in [0.1, 0.15) is 18.4 Å². The van der Waals surface area contributed by atoms with Gasteiger partial charge in [-0.2, -0.15) is 0 Å². The maximum absolute atomic E-state index is 12.2. The Labute approximate surface area is 120 Å². The number of benzene rings is 1. The highest BCUT2D eigenvalue weighted by molar-refractivity contribution is 5.99. The van der Waals surface area contributed by atoms with E-state index in [0.29, 0.717) is 5.56 Å². The fourth-order valence-electron chi connectivity index (χ4n) is 2.93. The number of phenols is 2. The van der Waals surface area contributed by atoms with Crippen molar-refractivity contribution in [2.24, 2.45) is 5.92 Å². The van der Waals surface area contributed by atoms with Crippen molar-refractivity contribution in [3.05, 3.63) is 29.8 Å². The summed E-state index contributed by atoms with van der Waals surface area (Å²) in [5.74, 6) is -1.23. The summed E-state index contributed by atoms with van der Waals surface area (Å²) < 4.78 is 5.71. The van der Waals surface area contributed by atoms with E-state index >= 15 is 0 Å². The Bertz CT molecular complexity index is 608. The second-order valence-corrected chi connectivity index (χ2v) is 5.49. The molecule has 0 saturated heterocycles. The summed E-state index contributed by atoms with van der Waals surface area (Å²) in [4.78, 5) is 12.2. The summed E-state index contributed by atoms with van der Waals surface area (Å²) in [5.41, 5.74) is 0.451. The number of aliphatic hydroxyl groups excluding tert-OH is 2. The van der Waals surface area contributed by atoms with Crippen molar-refractivity contribution in [3.63, 3.8) is 0 Å². The number of hydrogen-bond donors (Lipinski definition) is 4. The smallest absolute Gasteiger partial charge is 0.168 e. The van der Waals surface area contributed by atoms with Crippen LogP contribution in [0, 0.1) is 5.92 Å². The standard InChI is InChI=1S/C15H16O6/c16-8-4-11(19)15-12(20)6-13(21-14(15)5-8)7-1-2-9(17)10(18)3-7/h1-3,6,8,11,14-19H,4-5H2. The van der Waals surface area contributed by atoms with E-state index in [-0.39, 0.29) is 35.9 Å². The summed E-state index contributed by atoms with van der Waals surface area (Å²) in [6.45, 7) is 0. The van der Waals surface area contributed by atoms with Crippen LogP contribution in [0.15, 0.2) is 24.3 Å². The number of aromatic hydroxyl groups is 2. The minimum atomic E-state index is -0.919. The predicted octanol–water partition coefficient (Wildman–Crippen LogP) is 0.538. The quantitative estimate of drug-likeness (QED) is 0.563. The summed E-state index contributed by atoms with van der Waals surface area (Å²) in [5, 5.41) is 38.4. The number of aliphatic hydroxyl groups is 2. The first-order chi connectivity index (χ1) is 9.95. The molecule has 1 aromatic carbocycles. The molecule has 1 heterocycles. The van der Waals surface area contributed by atoms with Crippen LogP contribution in [-0.2, 0) is 9.53 Å². The zero-order chi connectivity index (χ0) is 15.1. The Kier molecular flexibility index (Phi) is 3.35. The van der Waals surface area contributed by atoms with E-state index in [1.165, 1.54) is 24.3 Å². The van der Waals surface area contributed by atoms with Crippen LogP contribution in [-0.4, -0.2) is 44.5 Å². The van der Waals surface area contributed by atoms with Crippen LogP contribution in [0.25, 0.3) is 5.76 Å². The molecule has 0 aromatic heterocycles. The Morgan fingerprint density at radius 2 is 1.86 bits per heavy atom.